The smallest absolute Gasteiger partial charge is 0.256 e. The van der Waals surface area contributed by atoms with Crippen LogP contribution in [0.2, 0.25) is 0 Å². The highest BCUT2D eigenvalue weighted by Crippen LogP contribution is 2.32. The van der Waals surface area contributed by atoms with Crippen LogP contribution in [0.5, 0.6) is 5.88 Å². The maximum atomic E-state index is 13.3. The minimum atomic E-state index is -3.65. The van der Waals surface area contributed by atoms with Crippen molar-refractivity contribution in [2.45, 2.75) is 71.7 Å². The van der Waals surface area contributed by atoms with E-state index < -0.39 is 10.0 Å². The SMILES string of the molecule is CCCCC(CC)CN(CC)S(=O)(=O)c1ccc(/N=N/c2c(C)c(C)c(=O)n(CCOCCO)c2O)cc1. The minimum Gasteiger partial charge on any atom is -0.493 e. The van der Waals surface area contributed by atoms with Crippen LogP contribution in [0.15, 0.2) is 44.2 Å². The predicted octanol–water partition coefficient (Wildman–Crippen LogP) is 4.82. The number of unbranched alkanes of at least 4 members (excludes halogenated alkanes) is 1. The molecule has 0 bridgehead atoms. The van der Waals surface area contributed by atoms with Crippen LogP contribution in [-0.4, -0.2) is 60.4 Å². The van der Waals surface area contributed by atoms with E-state index in [1.165, 1.54) is 16.4 Å². The fourth-order valence-corrected chi connectivity index (χ4v) is 5.65. The zero-order chi connectivity index (χ0) is 28.3. The van der Waals surface area contributed by atoms with Gasteiger partial charge in [-0.2, -0.15) is 9.42 Å². The molecule has 10 nitrogen and oxygen atoms in total. The summed E-state index contributed by atoms with van der Waals surface area (Å²) >= 11 is 0. The molecule has 212 valence electrons. The summed E-state index contributed by atoms with van der Waals surface area (Å²) in [5.41, 5.74) is 1.11. The number of ether oxygens (including phenoxy) is 1. The number of azo groups is 1. The maximum absolute atomic E-state index is 13.3. The number of hydrogen-bond acceptors (Lipinski definition) is 8. The van der Waals surface area contributed by atoms with E-state index in [4.69, 9.17) is 9.84 Å². The average molecular weight is 551 g/mol. The van der Waals surface area contributed by atoms with Gasteiger partial charge in [0.25, 0.3) is 5.56 Å². The van der Waals surface area contributed by atoms with Gasteiger partial charge in [-0.25, -0.2) is 8.42 Å². The molecule has 1 aromatic carbocycles. The van der Waals surface area contributed by atoms with E-state index in [-0.39, 0.29) is 48.4 Å². The Balaban J connectivity index is 2.27. The van der Waals surface area contributed by atoms with E-state index in [1.54, 1.807) is 26.0 Å². The number of sulfonamides is 1. The van der Waals surface area contributed by atoms with Crippen LogP contribution >= 0.6 is 0 Å². The third kappa shape index (κ3) is 7.95. The van der Waals surface area contributed by atoms with Gasteiger partial charge in [-0.3, -0.25) is 9.36 Å². The van der Waals surface area contributed by atoms with Gasteiger partial charge in [0.1, 0.15) is 5.69 Å². The molecule has 0 saturated heterocycles. The zero-order valence-corrected chi connectivity index (χ0v) is 24.0. The van der Waals surface area contributed by atoms with Crippen molar-refractivity contribution in [3.8, 4) is 5.88 Å². The number of benzene rings is 1. The molecule has 1 aromatic heterocycles. The van der Waals surface area contributed by atoms with Crippen molar-refractivity contribution in [1.82, 2.24) is 8.87 Å². The summed E-state index contributed by atoms with van der Waals surface area (Å²) in [5, 5.41) is 27.9. The van der Waals surface area contributed by atoms with Crippen molar-refractivity contribution in [3.63, 3.8) is 0 Å². The van der Waals surface area contributed by atoms with Gasteiger partial charge in [-0.15, -0.1) is 5.11 Å². The first-order valence-corrected chi connectivity index (χ1v) is 14.7. The van der Waals surface area contributed by atoms with Crippen LogP contribution in [0, 0.1) is 19.8 Å². The van der Waals surface area contributed by atoms with Gasteiger partial charge in [-0.1, -0.05) is 40.0 Å². The van der Waals surface area contributed by atoms with Crippen molar-refractivity contribution >= 4 is 21.4 Å². The molecule has 0 aliphatic heterocycles. The Kier molecular flexibility index (Phi) is 12.6. The van der Waals surface area contributed by atoms with E-state index in [1.807, 2.05) is 6.92 Å². The highest BCUT2D eigenvalue weighted by Gasteiger charge is 2.25. The summed E-state index contributed by atoms with van der Waals surface area (Å²) in [4.78, 5) is 12.8. The number of pyridine rings is 1. The molecule has 0 amide bonds. The highest BCUT2D eigenvalue weighted by molar-refractivity contribution is 7.89. The van der Waals surface area contributed by atoms with E-state index in [0.717, 1.165) is 30.3 Å². The topological polar surface area (TPSA) is 134 Å². The fraction of sp³-hybridized carbons (Fsp3) is 0.593. The predicted molar refractivity (Wildman–Crippen MR) is 148 cm³/mol. The third-order valence-electron chi connectivity index (χ3n) is 6.74. The molecule has 1 heterocycles. The number of rotatable bonds is 16. The van der Waals surface area contributed by atoms with Gasteiger partial charge in [0.15, 0.2) is 0 Å². The molecule has 0 aliphatic rings. The lowest BCUT2D eigenvalue weighted by Gasteiger charge is -2.25. The molecule has 2 N–H and O–H groups in total. The summed E-state index contributed by atoms with van der Waals surface area (Å²) in [6.45, 7) is 10.5. The van der Waals surface area contributed by atoms with E-state index in [9.17, 15) is 18.3 Å². The van der Waals surface area contributed by atoms with Crippen LogP contribution < -0.4 is 5.56 Å². The molecule has 0 saturated carbocycles. The molecule has 0 radical (unpaired) electrons. The number of aliphatic hydroxyl groups excluding tert-OH is 1. The summed E-state index contributed by atoms with van der Waals surface area (Å²) in [5.74, 6) is -0.0117. The molecule has 1 atom stereocenters. The largest absolute Gasteiger partial charge is 0.493 e. The number of aliphatic hydroxyl groups is 1. The van der Waals surface area contributed by atoms with Crippen molar-refractivity contribution in [2.75, 3.05) is 32.9 Å². The normalized spacial score (nSPS) is 13.0. The van der Waals surface area contributed by atoms with Crippen LogP contribution in [-0.2, 0) is 21.3 Å². The summed E-state index contributed by atoms with van der Waals surface area (Å²) < 4.78 is 34.5. The van der Waals surface area contributed by atoms with Gasteiger partial charge < -0.3 is 14.9 Å². The van der Waals surface area contributed by atoms with Crippen molar-refractivity contribution < 1.29 is 23.4 Å². The average Bonchev–Trinajstić information content (AvgIpc) is 2.91. The third-order valence-corrected chi connectivity index (χ3v) is 8.70. The van der Waals surface area contributed by atoms with Crippen LogP contribution in [0.25, 0.3) is 0 Å². The lowest BCUT2D eigenvalue weighted by atomic mass is 9.99. The van der Waals surface area contributed by atoms with Crippen molar-refractivity contribution in [1.29, 1.82) is 0 Å². The Morgan fingerprint density at radius 3 is 2.32 bits per heavy atom. The Hall–Kier alpha value is -2.60. The lowest BCUT2D eigenvalue weighted by Crippen LogP contribution is -2.35. The minimum absolute atomic E-state index is 0.0894. The standard InChI is InChI=1S/C27H42N4O6S/c1-6-9-10-22(7-2)19-30(8-3)38(35,36)24-13-11-23(12-14-24)28-29-25-20(4)21(5)26(33)31(27(25)34)15-17-37-18-16-32/h11-14,22,32,34H,6-10,15-19H2,1-5H3/b29-28+. The highest BCUT2D eigenvalue weighted by atomic mass is 32.2. The van der Waals surface area contributed by atoms with E-state index in [2.05, 4.69) is 24.1 Å². The quantitative estimate of drug-likeness (QED) is 0.227. The van der Waals surface area contributed by atoms with Gasteiger partial charge >= 0.3 is 0 Å². The Bertz CT molecular complexity index is 1230. The zero-order valence-electron chi connectivity index (χ0n) is 23.2. The number of aromatic hydroxyl groups is 1. The second kappa shape index (κ2) is 15.1. The monoisotopic (exact) mass is 550 g/mol. The number of nitrogens with zero attached hydrogens (tertiary/aromatic N) is 4. The Labute approximate surface area is 226 Å². The second-order valence-electron chi connectivity index (χ2n) is 9.28. The van der Waals surface area contributed by atoms with Crippen LogP contribution in [0.4, 0.5) is 11.4 Å². The second-order valence-corrected chi connectivity index (χ2v) is 11.2. The fourth-order valence-electron chi connectivity index (χ4n) is 4.13. The summed E-state index contributed by atoms with van der Waals surface area (Å²) in [6.07, 6.45) is 4.11. The molecule has 1 unspecified atom stereocenters. The van der Waals surface area contributed by atoms with E-state index >= 15 is 0 Å². The van der Waals surface area contributed by atoms with Gasteiger partial charge in [0, 0.05) is 18.7 Å². The first-order chi connectivity index (χ1) is 18.1. The molecular weight excluding hydrogens is 508 g/mol. The van der Waals surface area contributed by atoms with Crippen molar-refractivity contribution in [3.05, 3.63) is 45.7 Å². The Morgan fingerprint density at radius 1 is 1.05 bits per heavy atom. The number of aromatic nitrogens is 1. The summed E-state index contributed by atoms with van der Waals surface area (Å²) in [7, 11) is -3.65. The van der Waals surface area contributed by atoms with Gasteiger partial charge in [-0.05, 0) is 56.0 Å². The molecule has 11 heteroatoms. The first-order valence-electron chi connectivity index (χ1n) is 13.3. The number of hydrogen-bond donors (Lipinski definition) is 2. The van der Waals surface area contributed by atoms with Crippen LogP contribution in [0.1, 0.15) is 57.6 Å². The molecule has 0 spiro atoms. The molecule has 38 heavy (non-hydrogen) atoms. The molecular formula is C27H42N4O6S. The summed E-state index contributed by atoms with van der Waals surface area (Å²) in [6, 6.07) is 6.15. The van der Waals surface area contributed by atoms with Crippen LogP contribution in [0.3, 0.4) is 0 Å². The molecule has 0 fully saturated rings. The first kappa shape index (κ1) is 31.6. The lowest BCUT2D eigenvalue weighted by molar-refractivity contribution is 0.0854. The molecule has 2 aromatic rings. The Morgan fingerprint density at radius 2 is 1.74 bits per heavy atom. The van der Waals surface area contributed by atoms with Gasteiger partial charge in [0.2, 0.25) is 15.9 Å². The van der Waals surface area contributed by atoms with Crippen molar-refractivity contribution in [2.24, 2.45) is 16.1 Å². The van der Waals surface area contributed by atoms with E-state index in [0.29, 0.717) is 35.8 Å². The molecule has 2 rings (SSSR count). The van der Waals surface area contributed by atoms with Gasteiger partial charge in [0.05, 0.1) is 36.9 Å². The maximum Gasteiger partial charge on any atom is 0.256 e. The molecule has 0 aliphatic carbocycles.